The second-order valence-corrected chi connectivity index (χ2v) is 5.29. The molecule has 0 radical (unpaired) electrons. The van der Waals surface area contributed by atoms with Crippen LogP contribution < -0.4 is 5.46 Å². The number of ether oxygens (including phenoxy) is 1. The van der Waals surface area contributed by atoms with Gasteiger partial charge < -0.3 is 14.0 Å². The number of benzene rings is 1. The van der Waals surface area contributed by atoms with E-state index in [-0.39, 0.29) is 25.4 Å². The van der Waals surface area contributed by atoms with Gasteiger partial charge in [0.15, 0.2) is 0 Å². The molecule has 0 bridgehead atoms. The van der Waals surface area contributed by atoms with Crippen LogP contribution in [0, 0.1) is 0 Å². The largest absolute Gasteiger partial charge is 0.495 e. The molecule has 0 unspecified atom stereocenters. The van der Waals surface area contributed by atoms with Crippen LogP contribution >= 0.6 is 0 Å². The molecular formula is C16H19BO3. The van der Waals surface area contributed by atoms with Gasteiger partial charge in [-0.15, -0.1) is 0 Å². The molecule has 1 aromatic carbocycles. The van der Waals surface area contributed by atoms with Crippen molar-refractivity contribution in [2.24, 2.45) is 0 Å². The minimum absolute atomic E-state index is 0.0101. The summed E-state index contributed by atoms with van der Waals surface area (Å²) in [4.78, 5) is 0. The summed E-state index contributed by atoms with van der Waals surface area (Å²) >= 11 is 0. The number of hydrogen-bond donors (Lipinski definition) is 0. The van der Waals surface area contributed by atoms with E-state index in [1.807, 2.05) is 25.1 Å². The molecule has 3 nitrogen and oxygen atoms in total. The Balaban J connectivity index is 1.88. The molecule has 0 N–H and O–H groups in total. The van der Waals surface area contributed by atoms with Crippen LogP contribution in [-0.4, -0.2) is 26.4 Å². The number of rotatable bonds is 3. The SMILES string of the molecule is CO[C@H](C)c1ccccc1B1O[C@H]2C=CC=C(C)[C@H]2O1. The van der Waals surface area contributed by atoms with E-state index in [1.54, 1.807) is 7.11 Å². The fraction of sp³-hybridized carbons (Fsp3) is 0.375. The van der Waals surface area contributed by atoms with Crippen LogP contribution in [0.15, 0.2) is 48.1 Å². The Kier molecular flexibility index (Phi) is 3.79. The van der Waals surface area contributed by atoms with Crippen molar-refractivity contribution < 1.29 is 14.0 Å². The van der Waals surface area contributed by atoms with Gasteiger partial charge in [-0.05, 0) is 30.4 Å². The van der Waals surface area contributed by atoms with Gasteiger partial charge in [-0.25, -0.2) is 0 Å². The molecule has 0 spiro atoms. The smallest absolute Gasteiger partial charge is 0.398 e. The lowest BCUT2D eigenvalue weighted by atomic mass is 9.75. The topological polar surface area (TPSA) is 27.7 Å². The molecule has 0 saturated carbocycles. The Labute approximate surface area is 120 Å². The summed E-state index contributed by atoms with van der Waals surface area (Å²) in [5.74, 6) is 0. The zero-order chi connectivity index (χ0) is 14.1. The lowest BCUT2D eigenvalue weighted by Gasteiger charge is -2.18. The highest BCUT2D eigenvalue weighted by Crippen LogP contribution is 2.28. The number of hydrogen-bond acceptors (Lipinski definition) is 3. The van der Waals surface area contributed by atoms with Gasteiger partial charge >= 0.3 is 7.12 Å². The lowest BCUT2D eigenvalue weighted by Crippen LogP contribution is -2.36. The molecule has 0 aromatic heterocycles. The van der Waals surface area contributed by atoms with Crippen LogP contribution in [-0.2, 0) is 14.0 Å². The van der Waals surface area contributed by atoms with Crippen LogP contribution in [0.4, 0.5) is 0 Å². The van der Waals surface area contributed by atoms with Crippen molar-refractivity contribution in [2.75, 3.05) is 7.11 Å². The van der Waals surface area contributed by atoms with E-state index in [0.717, 1.165) is 11.0 Å². The minimum Gasteiger partial charge on any atom is -0.398 e. The molecule has 2 aliphatic rings. The second-order valence-electron chi connectivity index (χ2n) is 5.29. The molecule has 1 aliphatic heterocycles. The van der Waals surface area contributed by atoms with Crippen LogP contribution in [0.1, 0.15) is 25.5 Å². The molecule has 0 amide bonds. The third-order valence-corrected chi connectivity index (χ3v) is 4.00. The van der Waals surface area contributed by atoms with Crippen molar-refractivity contribution in [3.05, 3.63) is 53.6 Å². The fourth-order valence-corrected chi connectivity index (χ4v) is 2.75. The zero-order valence-corrected chi connectivity index (χ0v) is 12.1. The number of allylic oxidation sites excluding steroid dienone is 2. The molecule has 20 heavy (non-hydrogen) atoms. The maximum atomic E-state index is 6.10. The first-order chi connectivity index (χ1) is 9.70. The molecule has 1 aromatic rings. The Morgan fingerprint density at radius 3 is 2.80 bits per heavy atom. The summed E-state index contributed by atoms with van der Waals surface area (Å²) in [6, 6.07) is 8.14. The fourth-order valence-electron chi connectivity index (χ4n) is 2.75. The summed E-state index contributed by atoms with van der Waals surface area (Å²) in [5, 5.41) is 0. The van der Waals surface area contributed by atoms with Crippen LogP contribution in [0.3, 0.4) is 0 Å². The summed E-state index contributed by atoms with van der Waals surface area (Å²) in [6.45, 7) is 4.11. The van der Waals surface area contributed by atoms with E-state index in [9.17, 15) is 0 Å². The van der Waals surface area contributed by atoms with Gasteiger partial charge in [-0.1, -0.05) is 42.5 Å². The number of fused-ring (bicyclic) bond motifs is 1. The molecule has 104 valence electrons. The van der Waals surface area contributed by atoms with Crippen molar-refractivity contribution in [1.82, 2.24) is 0 Å². The summed E-state index contributed by atoms with van der Waals surface area (Å²) in [7, 11) is 1.39. The van der Waals surface area contributed by atoms with Crippen molar-refractivity contribution in [1.29, 1.82) is 0 Å². The molecule has 1 heterocycles. The van der Waals surface area contributed by atoms with Gasteiger partial charge in [0.05, 0.1) is 18.3 Å². The average molecular weight is 270 g/mol. The minimum atomic E-state index is -0.329. The first kappa shape index (κ1) is 13.6. The highest BCUT2D eigenvalue weighted by atomic mass is 16.7. The summed E-state index contributed by atoms with van der Waals surface area (Å²) in [6.07, 6.45) is 6.22. The maximum absolute atomic E-state index is 6.10. The highest BCUT2D eigenvalue weighted by molar-refractivity contribution is 6.62. The molecule has 1 saturated heterocycles. The molecule has 3 atom stereocenters. The van der Waals surface area contributed by atoms with E-state index >= 15 is 0 Å². The van der Waals surface area contributed by atoms with E-state index in [4.69, 9.17) is 14.0 Å². The highest BCUT2D eigenvalue weighted by Gasteiger charge is 2.42. The van der Waals surface area contributed by atoms with E-state index in [0.29, 0.717) is 0 Å². The quantitative estimate of drug-likeness (QED) is 0.789. The Morgan fingerprint density at radius 2 is 2.05 bits per heavy atom. The van der Waals surface area contributed by atoms with Gasteiger partial charge in [-0.3, -0.25) is 0 Å². The van der Waals surface area contributed by atoms with Gasteiger partial charge in [0.25, 0.3) is 0 Å². The average Bonchev–Trinajstić information content (AvgIpc) is 2.92. The normalized spacial score (nSPS) is 26.4. The molecule has 1 fully saturated rings. The van der Waals surface area contributed by atoms with Crippen LogP contribution in [0.25, 0.3) is 0 Å². The summed E-state index contributed by atoms with van der Waals surface area (Å²) in [5.41, 5.74) is 3.37. The van der Waals surface area contributed by atoms with Crippen LogP contribution in [0.5, 0.6) is 0 Å². The molecule has 3 rings (SSSR count). The standard InChI is InChI=1S/C16H19BO3/c1-11-7-6-10-15-16(11)20-17(19-15)14-9-5-4-8-13(14)12(2)18-3/h4-10,12,15-16H,1-3H3/t12-,15+,16-/m1/s1. The van der Waals surface area contributed by atoms with Gasteiger partial charge in [0, 0.05) is 7.11 Å². The van der Waals surface area contributed by atoms with E-state index in [2.05, 4.69) is 31.2 Å². The summed E-state index contributed by atoms with van der Waals surface area (Å²) < 4.78 is 17.6. The van der Waals surface area contributed by atoms with Gasteiger partial charge in [0.2, 0.25) is 0 Å². The van der Waals surface area contributed by atoms with Crippen molar-refractivity contribution >= 4 is 12.6 Å². The van der Waals surface area contributed by atoms with Crippen molar-refractivity contribution in [3.63, 3.8) is 0 Å². The van der Waals surface area contributed by atoms with E-state index < -0.39 is 0 Å². The predicted octanol–water partition coefficient (Wildman–Crippen LogP) is 2.39. The Hall–Kier alpha value is -1.36. The van der Waals surface area contributed by atoms with E-state index in [1.165, 1.54) is 5.57 Å². The predicted molar refractivity (Wildman–Crippen MR) is 79.9 cm³/mol. The van der Waals surface area contributed by atoms with Crippen LogP contribution in [0.2, 0.25) is 0 Å². The number of methoxy groups -OCH3 is 1. The third kappa shape index (κ3) is 2.35. The maximum Gasteiger partial charge on any atom is 0.495 e. The first-order valence-corrected chi connectivity index (χ1v) is 6.98. The van der Waals surface area contributed by atoms with Gasteiger partial charge in [-0.2, -0.15) is 0 Å². The molecular weight excluding hydrogens is 251 g/mol. The Bertz CT molecular complexity index is 552. The molecule has 1 aliphatic carbocycles. The molecule has 4 heteroatoms. The zero-order valence-electron chi connectivity index (χ0n) is 12.1. The monoisotopic (exact) mass is 270 g/mol. The van der Waals surface area contributed by atoms with Crippen molar-refractivity contribution in [2.45, 2.75) is 32.2 Å². The first-order valence-electron chi connectivity index (χ1n) is 6.98. The third-order valence-electron chi connectivity index (χ3n) is 4.00. The Morgan fingerprint density at radius 1 is 1.25 bits per heavy atom. The second kappa shape index (κ2) is 5.56. The van der Waals surface area contributed by atoms with Gasteiger partial charge in [0.1, 0.15) is 0 Å². The van der Waals surface area contributed by atoms with Crippen molar-refractivity contribution in [3.8, 4) is 0 Å². The lowest BCUT2D eigenvalue weighted by molar-refractivity contribution is 0.120.